The second kappa shape index (κ2) is 4.63. The highest BCUT2D eigenvalue weighted by molar-refractivity contribution is 5.86. The van der Waals surface area contributed by atoms with E-state index in [4.69, 9.17) is 4.74 Å². The van der Waals surface area contributed by atoms with Gasteiger partial charge in [0.2, 0.25) is 0 Å². The Kier molecular flexibility index (Phi) is 2.75. The first-order chi connectivity index (χ1) is 10.3. The first-order valence-electron chi connectivity index (χ1n) is 7.26. The molecule has 1 unspecified atom stereocenters. The van der Waals surface area contributed by atoms with Crippen LogP contribution in [-0.4, -0.2) is 28.4 Å². The number of methoxy groups -OCH3 is 1. The second-order valence-electron chi connectivity index (χ2n) is 5.63. The molecule has 1 atom stereocenters. The van der Waals surface area contributed by atoms with Crippen LogP contribution in [0.1, 0.15) is 22.9 Å². The van der Waals surface area contributed by atoms with Gasteiger partial charge in [0.25, 0.3) is 0 Å². The van der Waals surface area contributed by atoms with E-state index in [1.807, 2.05) is 24.0 Å². The van der Waals surface area contributed by atoms with Crippen molar-refractivity contribution >= 4 is 10.9 Å². The summed E-state index contributed by atoms with van der Waals surface area (Å²) in [5.41, 5.74) is 5.15. The van der Waals surface area contributed by atoms with Gasteiger partial charge < -0.3 is 15.0 Å². The van der Waals surface area contributed by atoms with Gasteiger partial charge in [0, 0.05) is 30.6 Å². The molecule has 0 bridgehead atoms. The molecular formula is C16H19N4O+. The third-order valence-corrected chi connectivity index (χ3v) is 4.34. The van der Waals surface area contributed by atoms with Gasteiger partial charge >= 0.3 is 0 Å². The molecule has 1 aliphatic heterocycles. The van der Waals surface area contributed by atoms with Crippen LogP contribution < -0.4 is 10.1 Å². The minimum Gasteiger partial charge on any atom is -0.497 e. The zero-order chi connectivity index (χ0) is 14.4. The summed E-state index contributed by atoms with van der Waals surface area (Å²) in [6, 6.07) is 6.55. The topological polar surface area (TPSA) is 59.4 Å². The molecule has 3 aromatic rings. The SMILES string of the molecule is COc1ccc2[nH]c3c(c2c1)CC[NH2+]C3c1cnn(C)c1. The van der Waals surface area contributed by atoms with Gasteiger partial charge in [-0.1, -0.05) is 0 Å². The summed E-state index contributed by atoms with van der Waals surface area (Å²) in [4.78, 5) is 3.60. The number of aromatic amines is 1. The fourth-order valence-electron chi connectivity index (χ4n) is 3.33. The lowest BCUT2D eigenvalue weighted by Crippen LogP contribution is -2.87. The number of hydrogen-bond donors (Lipinski definition) is 2. The van der Waals surface area contributed by atoms with Crippen LogP contribution in [0.2, 0.25) is 0 Å². The molecule has 2 aromatic heterocycles. The summed E-state index contributed by atoms with van der Waals surface area (Å²) in [5.74, 6) is 0.914. The maximum atomic E-state index is 5.36. The van der Waals surface area contributed by atoms with Crippen molar-refractivity contribution in [1.29, 1.82) is 0 Å². The molecule has 3 N–H and O–H groups in total. The van der Waals surface area contributed by atoms with Crippen molar-refractivity contribution in [3.63, 3.8) is 0 Å². The Morgan fingerprint density at radius 3 is 3.10 bits per heavy atom. The summed E-state index contributed by atoms with van der Waals surface area (Å²) in [5, 5.41) is 7.97. The predicted octanol–water partition coefficient (Wildman–Crippen LogP) is 1.12. The fourth-order valence-corrected chi connectivity index (χ4v) is 3.33. The highest BCUT2D eigenvalue weighted by Crippen LogP contribution is 2.32. The standard InChI is InChI=1S/C16H18N4O/c1-20-9-10(8-18-20)15-16-12(5-6-17-15)13-7-11(21-2)3-4-14(13)19-16/h3-4,7-9,15,17,19H,5-6H2,1-2H3/p+1. The molecule has 21 heavy (non-hydrogen) atoms. The smallest absolute Gasteiger partial charge is 0.156 e. The number of ether oxygens (including phenoxy) is 1. The van der Waals surface area contributed by atoms with Gasteiger partial charge in [-0.15, -0.1) is 0 Å². The molecule has 0 saturated carbocycles. The lowest BCUT2D eigenvalue weighted by Gasteiger charge is -2.20. The summed E-state index contributed by atoms with van der Waals surface area (Å²) in [7, 11) is 3.68. The van der Waals surface area contributed by atoms with Crippen LogP contribution in [0.5, 0.6) is 5.75 Å². The minimum atomic E-state index is 0.306. The van der Waals surface area contributed by atoms with E-state index in [-0.39, 0.29) is 0 Å². The van der Waals surface area contributed by atoms with Crippen LogP contribution >= 0.6 is 0 Å². The Morgan fingerprint density at radius 2 is 2.33 bits per heavy atom. The van der Waals surface area contributed by atoms with Crippen LogP contribution in [0.4, 0.5) is 0 Å². The number of aromatic nitrogens is 3. The molecule has 1 aliphatic rings. The number of benzene rings is 1. The highest BCUT2D eigenvalue weighted by atomic mass is 16.5. The zero-order valence-corrected chi connectivity index (χ0v) is 12.3. The van der Waals surface area contributed by atoms with Gasteiger partial charge in [-0.3, -0.25) is 4.68 Å². The average molecular weight is 283 g/mol. The van der Waals surface area contributed by atoms with Crippen molar-refractivity contribution in [3.8, 4) is 5.75 Å². The van der Waals surface area contributed by atoms with E-state index < -0.39 is 0 Å². The summed E-state index contributed by atoms with van der Waals surface area (Å²) < 4.78 is 7.23. The summed E-state index contributed by atoms with van der Waals surface area (Å²) in [6.07, 6.45) is 5.14. The molecule has 108 valence electrons. The quantitative estimate of drug-likeness (QED) is 0.740. The number of nitrogens with two attached hydrogens (primary N) is 1. The van der Waals surface area contributed by atoms with Crippen molar-refractivity contribution < 1.29 is 10.1 Å². The van der Waals surface area contributed by atoms with Gasteiger partial charge in [0.05, 0.1) is 31.1 Å². The Balaban J connectivity index is 1.88. The molecule has 5 heteroatoms. The number of nitrogens with zero attached hydrogens (tertiary/aromatic N) is 2. The van der Waals surface area contributed by atoms with Crippen LogP contribution in [0.25, 0.3) is 10.9 Å². The normalized spacial score (nSPS) is 17.9. The van der Waals surface area contributed by atoms with Crippen molar-refractivity contribution in [3.05, 3.63) is 47.4 Å². The van der Waals surface area contributed by atoms with Crippen molar-refractivity contribution in [2.45, 2.75) is 12.5 Å². The second-order valence-corrected chi connectivity index (χ2v) is 5.63. The van der Waals surface area contributed by atoms with Crippen molar-refractivity contribution in [2.75, 3.05) is 13.7 Å². The summed E-state index contributed by atoms with van der Waals surface area (Å²) >= 11 is 0. The van der Waals surface area contributed by atoms with E-state index in [2.05, 4.69) is 33.7 Å². The monoisotopic (exact) mass is 283 g/mol. The third-order valence-electron chi connectivity index (χ3n) is 4.34. The number of nitrogens with one attached hydrogen (secondary N) is 1. The van der Waals surface area contributed by atoms with Crippen LogP contribution in [0.3, 0.4) is 0 Å². The van der Waals surface area contributed by atoms with Gasteiger partial charge in [0.1, 0.15) is 5.75 Å². The fraction of sp³-hybridized carbons (Fsp3) is 0.312. The van der Waals surface area contributed by atoms with E-state index in [1.54, 1.807) is 7.11 Å². The highest BCUT2D eigenvalue weighted by Gasteiger charge is 2.29. The number of fused-ring (bicyclic) bond motifs is 3. The molecular weight excluding hydrogens is 264 g/mol. The van der Waals surface area contributed by atoms with Gasteiger partial charge in [-0.2, -0.15) is 5.10 Å². The Morgan fingerprint density at radius 1 is 1.43 bits per heavy atom. The van der Waals surface area contributed by atoms with E-state index in [0.717, 1.165) is 18.7 Å². The maximum Gasteiger partial charge on any atom is 0.156 e. The molecule has 0 spiro atoms. The lowest BCUT2D eigenvalue weighted by atomic mass is 9.96. The molecule has 4 rings (SSSR count). The number of quaternary nitrogens is 1. The first kappa shape index (κ1) is 12.5. The molecule has 0 fully saturated rings. The molecule has 0 saturated heterocycles. The number of rotatable bonds is 2. The van der Waals surface area contributed by atoms with Crippen LogP contribution in [-0.2, 0) is 13.5 Å². The molecule has 1 aromatic carbocycles. The van der Waals surface area contributed by atoms with E-state index in [1.165, 1.54) is 27.7 Å². The first-order valence-corrected chi connectivity index (χ1v) is 7.26. The molecule has 5 nitrogen and oxygen atoms in total. The molecule has 0 aliphatic carbocycles. The summed E-state index contributed by atoms with van der Waals surface area (Å²) in [6.45, 7) is 1.09. The van der Waals surface area contributed by atoms with Gasteiger partial charge in [0.15, 0.2) is 6.04 Å². The average Bonchev–Trinajstić information content (AvgIpc) is 3.09. The number of aryl methyl sites for hydroxylation is 1. The molecule has 0 amide bonds. The van der Waals surface area contributed by atoms with Gasteiger partial charge in [-0.05, 0) is 23.8 Å². The number of H-pyrrole nitrogens is 1. The Bertz CT molecular complexity index is 802. The predicted molar refractivity (Wildman–Crippen MR) is 80.4 cm³/mol. The van der Waals surface area contributed by atoms with Crippen molar-refractivity contribution in [1.82, 2.24) is 14.8 Å². The van der Waals surface area contributed by atoms with E-state index >= 15 is 0 Å². The van der Waals surface area contributed by atoms with Gasteiger partial charge in [-0.25, -0.2) is 0 Å². The molecule has 3 heterocycles. The lowest BCUT2D eigenvalue weighted by molar-refractivity contribution is -0.690. The Labute approximate surface area is 122 Å². The van der Waals surface area contributed by atoms with Crippen molar-refractivity contribution in [2.24, 2.45) is 7.05 Å². The van der Waals surface area contributed by atoms with Crippen LogP contribution in [0, 0.1) is 0 Å². The molecule has 0 radical (unpaired) electrons. The largest absolute Gasteiger partial charge is 0.497 e. The van der Waals surface area contributed by atoms with Crippen LogP contribution in [0.15, 0.2) is 30.6 Å². The third kappa shape index (κ3) is 1.93. The minimum absolute atomic E-state index is 0.306. The van der Waals surface area contributed by atoms with E-state index in [0.29, 0.717) is 6.04 Å². The Hall–Kier alpha value is -2.27. The number of hydrogen-bond acceptors (Lipinski definition) is 2. The zero-order valence-electron chi connectivity index (χ0n) is 12.3. The maximum absolute atomic E-state index is 5.36. The van der Waals surface area contributed by atoms with E-state index in [9.17, 15) is 0 Å².